The Kier molecular flexibility index (Phi) is 4.16. The van der Waals surface area contributed by atoms with E-state index in [0.717, 1.165) is 33.6 Å². The molecule has 1 aliphatic carbocycles. The van der Waals surface area contributed by atoms with E-state index in [9.17, 15) is 4.79 Å². The third kappa shape index (κ3) is 3.04. The molecule has 0 saturated heterocycles. The Balaban J connectivity index is 1.95. The lowest BCUT2D eigenvalue weighted by Gasteiger charge is -2.33. The summed E-state index contributed by atoms with van der Waals surface area (Å²) >= 11 is 10.9. The first kappa shape index (κ1) is 13.4. The molecule has 1 saturated carbocycles. The number of halogens is 2. The van der Waals surface area contributed by atoms with Crippen LogP contribution in [0.2, 0.25) is 0 Å². The lowest BCUT2D eigenvalue weighted by Crippen LogP contribution is -2.37. The average Bonchev–Trinajstić information content (AvgIpc) is 2.56. The maximum absolute atomic E-state index is 12.1. The molecule has 0 aromatic carbocycles. The molecule has 1 aromatic heterocycles. The Hall–Kier alpha value is -0.0600. The summed E-state index contributed by atoms with van der Waals surface area (Å²) in [5, 5.41) is 0.321. The van der Waals surface area contributed by atoms with Gasteiger partial charge in [-0.15, -0.1) is 22.9 Å². The normalized spacial score (nSPS) is 23.3. The van der Waals surface area contributed by atoms with Gasteiger partial charge in [0.1, 0.15) is 0 Å². The van der Waals surface area contributed by atoms with Crippen LogP contribution >= 0.6 is 38.9 Å². The molecule has 0 spiro atoms. The van der Waals surface area contributed by atoms with Crippen molar-refractivity contribution in [3.8, 4) is 0 Å². The van der Waals surface area contributed by atoms with Gasteiger partial charge in [-0.1, -0.05) is 0 Å². The number of carbonyl (C=O) groups excluding carboxylic acids is 1. The number of nitrogens with zero attached hydrogens (tertiary/aromatic N) is 1. The van der Waals surface area contributed by atoms with Crippen LogP contribution in [0.5, 0.6) is 0 Å². The smallest absolute Gasteiger partial charge is 0.263 e. The van der Waals surface area contributed by atoms with Gasteiger partial charge in [-0.25, -0.2) is 0 Å². The summed E-state index contributed by atoms with van der Waals surface area (Å²) in [6.45, 7) is 2.82. The van der Waals surface area contributed by atoms with Gasteiger partial charge >= 0.3 is 0 Å². The molecule has 1 aliphatic rings. The van der Waals surface area contributed by atoms with Crippen LogP contribution in [0.25, 0.3) is 0 Å². The van der Waals surface area contributed by atoms with Gasteiger partial charge in [0.25, 0.3) is 5.91 Å². The molecule has 2 nitrogen and oxygen atoms in total. The standard InChI is InChI=1S/C12H15BrClNOS/c1-7-3-10(17-11(7)13)12(16)15(2)6-8-4-9(14)5-8/h3,8-9H,4-6H2,1-2H3. The highest BCUT2D eigenvalue weighted by atomic mass is 79.9. The van der Waals surface area contributed by atoms with Gasteiger partial charge in [-0.2, -0.15) is 0 Å². The zero-order chi connectivity index (χ0) is 12.6. The lowest BCUT2D eigenvalue weighted by molar-refractivity contribution is 0.0751. The second-order valence-electron chi connectivity index (χ2n) is 4.69. The fourth-order valence-electron chi connectivity index (χ4n) is 2.03. The van der Waals surface area contributed by atoms with E-state index in [4.69, 9.17) is 11.6 Å². The Bertz CT molecular complexity index is 409. The van der Waals surface area contributed by atoms with Crippen LogP contribution in [-0.2, 0) is 0 Å². The number of aryl methyl sites for hydroxylation is 1. The Labute approximate surface area is 119 Å². The van der Waals surface area contributed by atoms with E-state index in [2.05, 4.69) is 15.9 Å². The summed E-state index contributed by atoms with van der Waals surface area (Å²) in [5.74, 6) is 0.692. The van der Waals surface area contributed by atoms with Crippen LogP contribution < -0.4 is 0 Å². The van der Waals surface area contributed by atoms with Gasteiger partial charge in [-0.05, 0) is 53.2 Å². The van der Waals surface area contributed by atoms with Gasteiger partial charge in [0.05, 0.1) is 8.66 Å². The summed E-state index contributed by atoms with van der Waals surface area (Å²) < 4.78 is 1.04. The molecule has 0 unspecified atom stereocenters. The quantitative estimate of drug-likeness (QED) is 0.766. The van der Waals surface area contributed by atoms with E-state index in [1.165, 1.54) is 11.3 Å². The Morgan fingerprint density at radius 1 is 1.65 bits per heavy atom. The molecule has 0 N–H and O–H groups in total. The van der Waals surface area contributed by atoms with E-state index < -0.39 is 0 Å². The molecule has 5 heteroatoms. The molecule has 0 atom stereocenters. The van der Waals surface area contributed by atoms with Crippen molar-refractivity contribution in [3.05, 3.63) is 20.3 Å². The number of hydrogen-bond donors (Lipinski definition) is 0. The van der Waals surface area contributed by atoms with Crippen molar-refractivity contribution in [2.45, 2.75) is 25.1 Å². The molecule has 1 heterocycles. The summed E-state index contributed by atoms with van der Waals surface area (Å²) in [6, 6.07) is 1.94. The minimum atomic E-state index is 0.113. The number of carbonyl (C=O) groups is 1. The summed E-state index contributed by atoms with van der Waals surface area (Å²) in [7, 11) is 1.87. The van der Waals surface area contributed by atoms with Crippen LogP contribution in [0.1, 0.15) is 28.1 Å². The van der Waals surface area contributed by atoms with Gasteiger partial charge in [0.15, 0.2) is 0 Å². The van der Waals surface area contributed by atoms with E-state index in [0.29, 0.717) is 11.3 Å². The van der Waals surface area contributed by atoms with E-state index in [1.807, 2.05) is 24.9 Å². The van der Waals surface area contributed by atoms with Crippen LogP contribution in [0.4, 0.5) is 0 Å². The number of hydrogen-bond acceptors (Lipinski definition) is 2. The Morgan fingerprint density at radius 2 is 2.29 bits per heavy atom. The Morgan fingerprint density at radius 3 is 2.76 bits per heavy atom. The first-order valence-electron chi connectivity index (χ1n) is 5.63. The largest absolute Gasteiger partial charge is 0.341 e. The third-order valence-corrected chi connectivity index (χ3v) is 5.61. The van der Waals surface area contributed by atoms with E-state index in [1.54, 1.807) is 0 Å². The maximum atomic E-state index is 12.1. The zero-order valence-electron chi connectivity index (χ0n) is 9.87. The van der Waals surface area contributed by atoms with Crippen LogP contribution in [0, 0.1) is 12.8 Å². The molecular weight excluding hydrogens is 322 g/mol. The van der Waals surface area contributed by atoms with E-state index >= 15 is 0 Å². The predicted molar refractivity (Wildman–Crippen MR) is 76.1 cm³/mol. The first-order valence-corrected chi connectivity index (χ1v) is 7.67. The molecule has 1 amide bonds. The molecule has 94 valence electrons. The molecule has 2 rings (SSSR count). The highest BCUT2D eigenvalue weighted by molar-refractivity contribution is 9.11. The monoisotopic (exact) mass is 335 g/mol. The average molecular weight is 337 g/mol. The molecule has 0 radical (unpaired) electrons. The van der Waals surface area contributed by atoms with Crippen molar-refractivity contribution in [2.24, 2.45) is 5.92 Å². The van der Waals surface area contributed by atoms with Crippen LogP contribution in [0.3, 0.4) is 0 Å². The van der Waals surface area contributed by atoms with E-state index in [-0.39, 0.29) is 5.91 Å². The van der Waals surface area contributed by atoms with Crippen molar-refractivity contribution in [2.75, 3.05) is 13.6 Å². The SMILES string of the molecule is Cc1cc(C(=O)N(C)CC2CC(Cl)C2)sc1Br. The molecule has 17 heavy (non-hydrogen) atoms. The predicted octanol–water partition coefficient (Wildman–Crippen LogP) is 3.91. The van der Waals surface area contributed by atoms with Gasteiger partial charge in [0, 0.05) is 19.0 Å². The number of thiophene rings is 1. The van der Waals surface area contributed by atoms with Crippen molar-refractivity contribution < 1.29 is 4.79 Å². The second kappa shape index (κ2) is 5.29. The number of rotatable bonds is 3. The van der Waals surface area contributed by atoms with Gasteiger partial charge in [0.2, 0.25) is 0 Å². The fourth-order valence-corrected chi connectivity index (χ4v) is 4.06. The topological polar surface area (TPSA) is 20.3 Å². The van der Waals surface area contributed by atoms with Crippen molar-refractivity contribution in [1.29, 1.82) is 0 Å². The minimum Gasteiger partial charge on any atom is -0.341 e. The minimum absolute atomic E-state index is 0.113. The number of alkyl halides is 1. The first-order chi connectivity index (χ1) is 7.97. The number of amides is 1. The highest BCUT2D eigenvalue weighted by Gasteiger charge is 2.29. The molecule has 0 bridgehead atoms. The summed E-state index contributed by atoms with van der Waals surface area (Å²) in [4.78, 5) is 14.8. The van der Waals surface area contributed by atoms with Crippen molar-refractivity contribution >= 4 is 44.8 Å². The zero-order valence-corrected chi connectivity index (χ0v) is 13.0. The van der Waals surface area contributed by atoms with Gasteiger partial charge < -0.3 is 4.90 Å². The van der Waals surface area contributed by atoms with Crippen LogP contribution in [0.15, 0.2) is 9.85 Å². The fraction of sp³-hybridized carbons (Fsp3) is 0.583. The maximum Gasteiger partial charge on any atom is 0.263 e. The molecule has 1 fully saturated rings. The second-order valence-corrected chi connectivity index (χ2v) is 7.68. The summed E-state index contributed by atoms with van der Waals surface area (Å²) in [6.07, 6.45) is 2.07. The molecule has 0 aliphatic heterocycles. The molecular formula is C12H15BrClNOS. The highest BCUT2D eigenvalue weighted by Crippen LogP contribution is 2.33. The summed E-state index contributed by atoms with van der Waals surface area (Å²) in [5.41, 5.74) is 1.12. The lowest BCUT2D eigenvalue weighted by atomic mass is 9.84. The third-order valence-electron chi connectivity index (χ3n) is 3.12. The van der Waals surface area contributed by atoms with Crippen LogP contribution in [-0.4, -0.2) is 29.8 Å². The van der Waals surface area contributed by atoms with Crippen molar-refractivity contribution in [1.82, 2.24) is 4.90 Å². The molecule has 1 aromatic rings. The van der Waals surface area contributed by atoms with Crippen molar-refractivity contribution in [3.63, 3.8) is 0 Å². The van der Waals surface area contributed by atoms with Gasteiger partial charge in [-0.3, -0.25) is 4.79 Å².